The smallest absolute Gasteiger partial charge is 0.375 e. The van der Waals surface area contributed by atoms with Gasteiger partial charge in [0.05, 0.1) is 28.1 Å². The molecule has 1 unspecified atom stereocenters. The van der Waals surface area contributed by atoms with Crippen LogP contribution in [-0.4, -0.2) is 4.57 Å². The van der Waals surface area contributed by atoms with E-state index in [4.69, 9.17) is 4.74 Å². The van der Waals surface area contributed by atoms with E-state index in [1.807, 2.05) is 0 Å². The Morgan fingerprint density at radius 2 is 1.31 bits per heavy atom. The minimum atomic E-state index is -0.624. The zero-order chi connectivity index (χ0) is 29.1. The summed E-state index contributed by atoms with van der Waals surface area (Å²) < 4.78 is 14.5. The average molecular weight is 594 g/mol. The molecule has 45 heavy (non-hydrogen) atoms. The Morgan fingerprint density at radius 3 is 2.13 bits per heavy atom. The van der Waals surface area contributed by atoms with Crippen molar-refractivity contribution in [3.8, 4) is 27.9 Å². The molecule has 1 spiro atoms. The standard InChI is InChI=1S/C40H23N3OS/c1-3-10-24(11-4-1)39(25-12-5-2-6-13-25)29-16-7-14-26-27-19-20-32-34-36(27)43(35(26)29)37-30(39)17-9-21-41(37)40(34)33-28(15-8-18-31(33)44-32)38-42(40)22-23-45-38/h1-23H/q+2. The number of nitrogens with zero attached hydrogens (tertiary/aromatic N) is 3. The van der Waals surface area contributed by atoms with Crippen molar-refractivity contribution in [3.05, 3.63) is 172 Å². The number of thiazole rings is 1. The second kappa shape index (κ2) is 7.40. The molecule has 0 aliphatic carbocycles. The Bertz CT molecular complexity index is 2600. The van der Waals surface area contributed by atoms with Crippen molar-refractivity contribution in [1.82, 2.24) is 4.57 Å². The van der Waals surface area contributed by atoms with E-state index in [-0.39, 0.29) is 0 Å². The Labute approximate surface area is 262 Å². The molecule has 4 nitrogen and oxygen atoms in total. The van der Waals surface area contributed by atoms with Crippen molar-refractivity contribution in [2.24, 2.45) is 0 Å². The van der Waals surface area contributed by atoms with E-state index in [1.54, 1.807) is 11.3 Å². The number of hydrogen-bond acceptors (Lipinski definition) is 2. The van der Waals surface area contributed by atoms with Crippen LogP contribution in [0.1, 0.15) is 33.4 Å². The van der Waals surface area contributed by atoms with Gasteiger partial charge in [0.1, 0.15) is 22.6 Å². The number of ether oxygens (including phenoxy) is 1. The van der Waals surface area contributed by atoms with Crippen molar-refractivity contribution in [2.75, 3.05) is 0 Å². The molecule has 7 heterocycles. The quantitative estimate of drug-likeness (QED) is 0.187. The third kappa shape index (κ3) is 2.23. The highest BCUT2D eigenvalue weighted by atomic mass is 32.1. The Balaban J connectivity index is 1.41. The van der Waals surface area contributed by atoms with Crippen molar-refractivity contribution >= 4 is 33.1 Å². The van der Waals surface area contributed by atoms with Gasteiger partial charge in [-0.3, -0.25) is 0 Å². The monoisotopic (exact) mass is 593 g/mol. The fraction of sp³-hybridized carbons (Fsp3) is 0.0500. The summed E-state index contributed by atoms with van der Waals surface area (Å²) in [7, 11) is 0. The predicted molar refractivity (Wildman–Crippen MR) is 174 cm³/mol. The van der Waals surface area contributed by atoms with Crippen LogP contribution in [0.3, 0.4) is 0 Å². The van der Waals surface area contributed by atoms with Gasteiger partial charge in [0.25, 0.3) is 10.8 Å². The van der Waals surface area contributed by atoms with Crippen LogP contribution >= 0.6 is 11.3 Å². The third-order valence-electron chi connectivity index (χ3n) is 10.8. The maximum absolute atomic E-state index is 6.83. The molecule has 0 fully saturated rings. The second-order valence-electron chi connectivity index (χ2n) is 12.5. The molecule has 0 N–H and O–H groups in total. The molecule has 0 amide bonds. The maximum atomic E-state index is 6.83. The molecular formula is C40H23N3OS+2. The summed E-state index contributed by atoms with van der Waals surface area (Å²) in [6, 6.07) is 44.8. The first-order chi connectivity index (χ1) is 22.3. The first-order valence-corrected chi connectivity index (χ1v) is 16.3. The Kier molecular flexibility index (Phi) is 3.77. The van der Waals surface area contributed by atoms with E-state index in [1.165, 1.54) is 71.6 Å². The molecule has 0 saturated heterocycles. The topological polar surface area (TPSA) is 21.9 Å². The molecule has 0 saturated carbocycles. The fourth-order valence-corrected chi connectivity index (χ4v) is 10.3. The van der Waals surface area contributed by atoms with Crippen molar-refractivity contribution < 1.29 is 13.9 Å². The molecule has 208 valence electrons. The third-order valence-corrected chi connectivity index (χ3v) is 11.7. The number of hydrogen-bond donors (Lipinski definition) is 0. The normalized spacial score (nSPS) is 18.2. The van der Waals surface area contributed by atoms with Gasteiger partial charge in [0, 0.05) is 16.3 Å². The van der Waals surface area contributed by atoms with Crippen LogP contribution in [0.5, 0.6) is 11.5 Å². The first-order valence-electron chi connectivity index (χ1n) is 15.4. The minimum Gasteiger partial charge on any atom is -0.456 e. The lowest BCUT2D eigenvalue weighted by Crippen LogP contribution is -2.75. The van der Waals surface area contributed by atoms with Gasteiger partial charge in [0.2, 0.25) is 0 Å². The Morgan fingerprint density at radius 1 is 0.578 bits per heavy atom. The number of benzene rings is 5. The molecule has 0 radical (unpaired) electrons. The number of fused-ring (bicyclic) bond motifs is 3. The molecule has 5 heteroatoms. The summed E-state index contributed by atoms with van der Waals surface area (Å²) in [6.45, 7) is 0. The molecule has 0 bridgehead atoms. The molecule has 8 aromatic rings. The van der Waals surface area contributed by atoms with Crippen LogP contribution in [0.4, 0.5) is 0 Å². The van der Waals surface area contributed by atoms with Crippen LogP contribution in [-0.2, 0) is 11.1 Å². The summed E-state index contributed by atoms with van der Waals surface area (Å²) in [5, 5.41) is 6.01. The number of aromatic nitrogens is 3. The summed E-state index contributed by atoms with van der Waals surface area (Å²) in [6.07, 6.45) is 4.58. The second-order valence-corrected chi connectivity index (χ2v) is 13.4. The first kappa shape index (κ1) is 22.9. The van der Waals surface area contributed by atoms with Crippen LogP contribution < -0.4 is 13.9 Å². The lowest BCUT2D eigenvalue weighted by atomic mass is 9.63. The van der Waals surface area contributed by atoms with E-state index in [2.05, 4.69) is 153 Å². The highest BCUT2D eigenvalue weighted by Gasteiger charge is 2.69. The zero-order valence-electron chi connectivity index (χ0n) is 23.9. The molecule has 4 aliphatic rings. The van der Waals surface area contributed by atoms with Gasteiger partial charge in [-0.25, -0.2) is 0 Å². The minimum absolute atomic E-state index is 0.532. The van der Waals surface area contributed by atoms with Gasteiger partial charge in [-0.1, -0.05) is 90.2 Å². The molecule has 12 rings (SSSR count). The highest BCUT2D eigenvalue weighted by molar-refractivity contribution is 7.12. The van der Waals surface area contributed by atoms with Crippen LogP contribution in [0, 0.1) is 0 Å². The van der Waals surface area contributed by atoms with Crippen molar-refractivity contribution in [2.45, 2.75) is 11.1 Å². The van der Waals surface area contributed by atoms with Crippen molar-refractivity contribution in [3.63, 3.8) is 0 Å². The zero-order valence-corrected chi connectivity index (χ0v) is 24.8. The molecular weight excluding hydrogens is 571 g/mol. The highest BCUT2D eigenvalue weighted by Crippen LogP contribution is 2.61. The molecule has 4 aliphatic heterocycles. The average Bonchev–Trinajstić information content (AvgIpc) is 3.79. The summed E-state index contributed by atoms with van der Waals surface area (Å²) >= 11 is 1.80. The molecule has 3 aromatic heterocycles. The van der Waals surface area contributed by atoms with Crippen LogP contribution in [0.2, 0.25) is 0 Å². The van der Waals surface area contributed by atoms with Gasteiger partial charge in [-0.15, -0.1) is 4.57 Å². The van der Waals surface area contributed by atoms with Crippen LogP contribution in [0.15, 0.2) is 139 Å². The number of rotatable bonds is 2. The van der Waals surface area contributed by atoms with Gasteiger partial charge in [-0.05, 0) is 53.6 Å². The van der Waals surface area contributed by atoms with E-state index in [0.29, 0.717) is 0 Å². The van der Waals surface area contributed by atoms with Gasteiger partial charge < -0.3 is 4.74 Å². The fourth-order valence-electron chi connectivity index (χ4n) is 9.39. The van der Waals surface area contributed by atoms with E-state index in [9.17, 15) is 0 Å². The van der Waals surface area contributed by atoms with Gasteiger partial charge in [-0.2, -0.15) is 9.13 Å². The predicted octanol–water partition coefficient (Wildman–Crippen LogP) is 7.81. The van der Waals surface area contributed by atoms with E-state index < -0.39 is 11.1 Å². The summed E-state index contributed by atoms with van der Waals surface area (Å²) in [5.41, 5.74) is 10.1. The lowest BCUT2D eigenvalue weighted by molar-refractivity contribution is -0.960. The maximum Gasteiger partial charge on any atom is 0.375 e. The Hall–Kier alpha value is -5.52. The molecule has 1 atom stereocenters. The van der Waals surface area contributed by atoms with Gasteiger partial charge in [0.15, 0.2) is 17.3 Å². The number of para-hydroxylation sites is 1. The summed E-state index contributed by atoms with van der Waals surface area (Å²) in [4.78, 5) is 0. The van der Waals surface area contributed by atoms with E-state index in [0.717, 1.165) is 11.5 Å². The van der Waals surface area contributed by atoms with Crippen LogP contribution in [0.25, 0.3) is 38.2 Å². The SMILES string of the molecule is c1ccc(C2(c3ccccc3)c3ccc[n+]4c3-n3c5c2cccc5c2ccc5c(c23)C42c3c(cccc3-c3scc[n+]32)O5)cc1. The van der Waals surface area contributed by atoms with Gasteiger partial charge >= 0.3 is 5.66 Å². The number of pyridine rings is 1. The lowest BCUT2D eigenvalue weighted by Gasteiger charge is -2.41. The molecule has 5 aromatic carbocycles. The van der Waals surface area contributed by atoms with Crippen molar-refractivity contribution in [1.29, 1.82) is 0 Å². The summed E-state index contributed by atoms with van der Waals surface area (Å²) in [5.74, 6) is 3.06. The largest absolute Gasteiger partial charge is 0.456 e. The van der Waals surface area contributed by atoms with E-state index >= 15 is 0 Å².